The van der Waals surface area contributed by atoms with E-state index in [1.807, 2.05) is 18.2 Å². The Hall–Kier alpha value is -1.26. The first kappa shape index (κ1) is 21.8. The standard InChI is InChI=1S/C17H27N3O4.HI/c1-21-14-5-4-13(10-15(14)22-2)11-19-16(18)20-12-17(23-3)6-8-24-9-7-17;/h4-5,10H,6-9,11-12H2,1-3H3,(H3,18,19,20);1H. The van der Waals surface area contributed by atoms with Crippen molar-refractivity contribution in [2.75, 3.05) is 41.1 Å². The fourth-order valence-corrected chi connectivity index (χ4v) is 2.66. The zero-order valence-electron chi connectivity index (χ0n) is 15.0. The Balaban J connectivity index is 0.00000312. The summed E-state index contributed by atoms with van der Waals surface area (Å²) in [6.45, 7) is 2.49. The summed E-state index contributed by atoms with van der Waals surface area (Å²) in [6, 6.07) is 5.69. The molecule has 0 spiro atoms. The van der Waals surface area contributed by atoms with Crippen LogP contribution in [-0.2, 0) is 16.0 Å². The summed E-state index contributed by atoms with van der Waals surface area (Å²) in [5, 5.41) is 3.16. The lowest BCUT2D eigenvalue weighted by Gasteiger charge is -2.36. The third-order valence-electron chi connectivity index (χ3n) is 4.31. The number of nitrogens with zero attached hydrogens (tertiary/aromatic N) is 1. The molecule has 1 saturated heterocycles. The van der Waals surface area contributed by atoms with Crippen molar-refractivity contribution >= 4 is 29.9 Å². The maximum absolute atomic E-state index is 5.98. The van der Waals surface area contributed by atoms with E-state index in [0.717, 1.165) is 18.4 Å². The molecule has 0 radical (unpaired) electrons. The summed E-state index contributed by atoms with van der Waals surface area (Å²) in [4.78, 5) is 4.38. The van der Waals surface area contributed by atoms with Gasteiger partial charge < -0.3 is 30.0 Å². The average molecular weight is 465 g/mol. The second-order valence-electron chi connectivity index (χ2n) is 5.74. The van der Waals surface area contributed by atoms with E-state index in [2.05, 4.69) is 10.3 Å². The minimum absolute atomic E-state index is 0. The lowest BCUT2D eigenvalue weighted by Crippen LogP contribution is -2.49. The maximum atomic E-state index is 5.98. The third kappa shape index (κ3) is 6.19. The molecule has 3 N–H and O–H groups in total. The summed E-state index contributed by atoms with van der Waals surface area (Å²) in [6.07, 6.45) is 1.69. The van der Waals surface area contributed by atoms with Crippen LogP contribution in [0.1, 0.15) is 18.4 Å². The first-order chi connectivity index (χ1) is 11.6. The van der Waals surface area contributed by atoms with Gasteiger partial charge in [-0.2, -0.15) is 0 Å². The van der Waals surface area contributed by atoms with Crippen LogP contribution in [0, 0.1) is 0 Å². The van der Waals surface area contributed by atoms with Crippen molar-refractivity contribution in [1.82, 2.24) is 5.32 Å². The second-order valence-corrected chi connectivity index (χ2v) is 5.74. The number of benzene rings is 1. The highest BCUT2D eigenvalue weighted by Crippen LogP contribution is 2.27. The van der Waals surface area contributed by atoms with Gasteiger partial charge in [-0.15, -0.1) is 24.0 Å². The number of guanidine groups is 1. The van der Waals surface area contributed by atoms with Gasteiger partial charge in [0.2, 0.25) is 0 Å². The van der Waals surface area contributed by atoms with E-state index in [1.165, 1.54) is 0 Å². The predicted molar refractivity (Wildman–Crippen MR) is 108 cm³/mol. The molecule has 0 bridgehead atoms. The molecule has 0 unspecified atom stereocenters. The van der Waals surface area contributed by atoms with Gasteiger partial charge in [0.25, 0.3) is 0 Å². The van der Waals surface area contributed by atoms with Crippen LogP contribution >= 0.6 is 24.0 Å². The van der Waals surface area contributed by atoms with Crippen LogP contribution in [0.5, 0.6) is 11.5 Å². The minimum Gasteiger partial charge on any atom is -0.493 e. The van der Waals surface area contributed by atoms with Gasteiger partial charge in [0, 0.05) is 39.7 Å². The molecular weight excluding hydrogens is 437 g/mol. The van der Waals surface area contributed by atoms with Gasteiger partial charge in [0.05, 0.1) is 26.4 Å². The summed E-state index contributed by atoms with van der Waals surface area (Å²) in [5.74, 6) is 1.77. The largest absolute Gasteiger partial charge is 0.493 e. The Kier molecular flexibility index (Phi) is 9.30. The van der Waals surface area contributed by atoms with Crippen molar-refractivity contribution in [3.05, 3.63) is 23.8 Å². The highest BCUT2D eigenvalue weighted by Gasteiger charge is 2.32. The second kappa shape index (κ2) is 10.7. The Labute approximate surface area is 166 Å². The van der Waals surface area contributed by atoms with Crippen LogP contribution in [0.3, 0.4) is 0 Å². The predicted octanol–water partition coefficient (Wildman–Crippen LogP) is 1.92. The van der Waals surface area contributed by atoms with E-state index < -0.39 is 0 Å². The molecule has 0 saturated carbocycles. The quantitative estimate of drug-likeness (QED) is 0.364. The van der Waals surface area contributed by atoms with Crippen molar-refractivity contribution in [1.29, 1.82) is 0 Å². The Morgan fingerprint density at radius 3 is 2.48 bits per heavy atom. The lowest BCUT2D eigenvalue weighted by molar-refractivity contribution is -0.0855. The number of halogens is 1. The van der Waals surface area contributed by atoms with Crippen molar-refractivity contribution in [2.24, 2.45) is 10.7 Å². The Morgan fingerprint density at radius 2 is 1.88 bits per heavy atom. The molecule has 2 rings (SSSR count). The van der Waals surface area contributed by atoms with Crippen LogP contribution in [0.25, 0.3) is 0 Å². The molecule has 1 fully saturated rings. The average Bonchev–Trinajstić information content (AvgIpc) is 2.65. The van der Waals surface area contributed by atoms with E-state index in [1.54, 1.807) is 21.3 Å². The van der Waals surface area contributed by atoms with Crippen LogP contribution in [-0.4, -0.2) is 52.6 Å². The van der Waals surface area contributed by atoms with Gasteiger partial charge in [-0.25, -0.2) is 4.99 Å². The molecule has 1 aliphatic rings. The first-order valence-corrected chi connectivity index (χ1v) is 8.00. The normalized spacial score (nSPS) is 16.7. The zero-order chi connectivity index (χ0) is 17.4. The van der Waals surface area contributed by atoms with E-state index in [4.69, 9.17) is 24.7 Å². The lowest BCUT2D eigenvalue weighted by atomic mass is 9.94. The fourth-order valence-electron chi connectivity index (χ4n) is 2.66. The van der Waals surface area contributed by atoms with E-state index in [0.29, 0.717) is 43.8 Å². The monoisotopic (exact) mass is 465 g/mol. The van der Waals surface area contributed by atoms with Crippen LogP contribution in [0.15, 0.2) is 23.2 Å². The van der Waals surface area contributed by atoms with Crippen molar-refractivity contribution < 1.29 is 18.9 Å². The molecule has 0 aromatic heterocycles. The van der Waals surface area contributed by atoms with Crippen molar-refractivity contribution in [3.63, 3.8) is 0 Å². The summed E-state index contributed by atoms with van der Waals surface area (Å²) in [5.41, 5.74) is 6.73. The molecule has 0 atom stereocenters. The van der Waals surface area contributed by atoms with E-state index in [9.17, 15) is 0 Å². The van der Waals surface area contributed by atoms with Gasteiger partial charge in [0.15, 0.2) is 17.5 Å². The zero-order valence-corrected chi connectivity index (χ0v) is 17.4. The van der Waals surface area contributed by atoms with Gasteiger partial charge in [0.1, 0.15) is 0 Å². The van der Waals surface area contributed by atoms with Gasteiger partial charge >= 0.3 is 0 Å². The van der Waals surface area contributed by atoms with E-state index >= 15 is 0 Å². The SMILES string of the molecule is COc1ccc(CN=C(N)NCC2(OC)CCOCC2)cc1OC.I. The molecule has 0 amide bonds. The summed E-state index contributed by atoms with van der Waals surface area (Å²) < 4.78 is 21.6. The third-order valence-corrected chi connectivity index (χ3v) is 4.31. The molecule has 7 nitrogen and oxygen atoms in total. The van der Waals surface area contributed by atoms with Crippen LogP contribution in [0.4, 0.5) is 0 Å². The van der Waals surface area contributed by atoms with Gasteiger partial charge in [-0.1, -0.05) is 6.07 Å². The van der Waals surface area contributed by atoms with Crippen LogP contribution in [0.2, 0.25) is 0 Å². The number of nitrogens with two attached hydrogens (primary N) is 1. The molecule has 0 aliphatic carbocycles. The molecule has 1 aromatic carbocycles. The number of hydrogen-bond donors (Lipinski definition) is 2. The number of nitrogens with one attached hydrogen (secondary N) is 1. The molecule has 25 heavy (non-hydrogen) atoms. The molecule has 1 heterocycles. The summed E-state index contributed by atoms with van der Waals surface area (Å²) >= 11 is 0. The molecule has 142 valence electrons. The van der Waals surface area contributed by atoms with Crippen LogP contribution < -0.4 is 20.5 Å². The highest BCUT2D eigenvalue weighted by molar-refractivity contribution is 14.0. The number of aliphatic imine (C=N–C) groups is 1. The maximum Gasteiger partial charge on any atom is 0.189 e. The van der Waals surface area contributed by atoms with E-state index in [-0.39, 0.29) is 29.6 Å². The number of methoxy groups -OCH3 is 3. The molecule has 8 heteroatoms. The fraction of sp³-hybridized carbons (Fsp3) is 0.588. The number of ether oxygens (including phenoxy) is 4. The first-order valence-electron chi connectivity index (χ1n) is 8.00. The molecular formula is C17H28IN3O4. The topological polar surface area (TPSA) is 87.3 Å². The van der Waals surface area contributed by atoms with Crippen molar-refractivity contribution in [2.45, 2.75) is 25.0 Å². The van der Waals surface area contributed by atoms with Crippen molar-refractivity contribution in [3.8, 4) is 11.5 Å². The number of rotatable bonds is 7. The minimum atomic E-state index is -0.234. The highest BCUT2D eigenvalue weighted by atomic mass is 127. The smallest absolute Gasteiger partial charge is 0.189 e. The van der Waals surface area contributed by atoms with Gasteiger partial charge in [-0.3, -0.25) is 0 Å². The Bertz CT molecular complexity index is 563. The summed E-state index contributed by atoms with van der Waals surface area (Å²) in [7, 11) is 4.95. The Morgan fingerprint density at radius 1 is 1.20 bits per heavy atom. The van der Waals surface area contributed by atoms with Gasteiger partial charge in [-0.05, 0) is 17.7 Å². The molecule has 1 aliphatic heterocycles. The molecule has 1 aromatic rings. The number of hydrogen-bond acceptors (Lipinski definition) is 5.